The zero-order chi connectivity index (χ0) is 25.3. The number of nitrogens with one attached hydrogen (secondary N) is 2. The van der Waals surface area contributed by atoms with Gasteiger partial charge in [-0.1, -0.05) is 54.6 Å². The standard InChI is InChI=1S/C29H31FN4O2/c1-21-18-32-28(34(21)20-23-7-11-25(30)12-8-23)17-29(36)33-26-13-9-22(10-14-26)15-16-31-19-27(35)24-5-3-2-4-6-24/h2-14,18,27,31,35H,15-17,19-20H2,1H3,(H,33,36). The van der Waals surface area contributed by atoms with Crippen LogP contribution in [0.4, 0.5) is 10.1 Å². The molecule has 1 unspecified atom stereocenters. The Hall–Kier alpha value is -3.81. The van der Waals surface area contributed by atoms with E-state index in [-0.39, 0.29) is 18.1 Å². The molecule has 3 N–H and O–H groups in total. The molecule has 4 rings (SSSR count). The molecule has 0 saturated heterocycles. The molecule has 1 atom stereocenters. The van der Waals surface area contributed by atoms with Gasteiger partial charge >= 0.3 is 0 Å². The Kier molecular flexibility index (Phi) is 8.60. The van der Waals surface area contributed by atoms with E-state index in [4.69, 9.17) is 0 Å². The Morgan fingerprint density at radius 2 is 1.69 bits per heavy atom. The average Bonchev–Trinajstić information content (AvgIpc) is 3.23. The second-order valence-corrected chi connectivity index (χ2v) is 8.83. The van der Waals surface area contributed by atoms with Gasteiger partial charge in [0.1, 0.15) is 11.6 Å². The van der Waals surface area contributed by atoms with Gasteiger partial charge < -0.3 is 20.3 Å². The van der Waals surface area contributed by atoms with Gasteiger partial charge in [-0.2, -0.15) is 0 Å². The molecule has 1 aromatic heterocycles. The predicted molar refractivity (Wildman–Crippen MR) is 139 cm³/mol. The Morgan fingerprint density at radius 3 is 2.42 bits per heavy atom. The second-order valence-electron chi connectivity index (χ2n) is 8.83. The van der Waals surface area contributed by atoms with Crippen molar-refractivity contribution in [3.8, 4) is 0 Å². The second kappa shape index (κ2) is 12.2. The Labute approximate surface area is 210 Å². The molecule has 0 saturated carbocycles. The van der Waals surface area contributed by atoms with Crippen LogP contribution in [0.25, 0.3) is 0 Å². The lowest BCUT2D eigenvalue weighted by atomic mass is 10.1. The quantitative estimate of drug-likeness (QED) is 0.274. The fourth-order valence-corrected chi connectivity index (χ4v) is 4.01. The molecule has 1 amide bonds. The number of imidazole rings is 1. The largest absolute Gasteiger partial charge is 0.387 e. The van der Waals surface area contributed by atoms with E-state index in [0.717, 1.165) is 41.0 Å². The summed E-state index contributed by atoms with van der Waals surface area (Å²) < 4.78 is 15.2. The minimum absolute atomic E-state index is 0.143. The molecule has 186 valence electrons. The number of amides is 1. The number of hydrogen-bond acceptors (Lipinski definition) is 4. The van der Waals surface area contributed by atoms with E-state index < -0.39 is 6.10 Å². The van der Waals surface area contributed by atoms with Crippen LogP contribution >= 0.6 is 0 Å². The van der Waals surface area contributed by atoms with Crippen LogP contribution in [0.15, 0.2) is 85.1 Å². The van der Waals surface area contributed by atoms with Gasteiger partial charge in [-0.3, -0.25) is 4.79 Å². The summed E-state index contributed by atoms with van der Waals surface area (Å²) in [7, 11) is 0. The summed E-state index contributed by atoms with van der Waals surface area (Å²) in [5.41, 5.74) is 4.65. The highest BCUT2D eigenvalue weighted by molar-refractivity contribution is 5.91. The van der Waals surface area contributed by atoms with Crippen molar-refractivity contribution in [2.75, 3.05) is 18.4 Å². The molecular weight excluding hydrogens is 455 g/mol. The molecule has 1 heterocycles. The van der Waals surface area contributed by atoms with Crippen molar-refractivity contribution >= 4 is 11.6 Å². The van der Waals surface area contributed by atoms with Gasteiger partial charge in [-0.15, -0.1) is 0 Å². The Morgan fingerprint density at radius 1 is 1.00 bits per heavy atom. The lowest BCUT2D eigenvalue weighted by molar-refractivity contribution is -0.115. The minimum atomic E-state index is -0.529. The van der Waals surface area contributed by atoms with E-state index >= 15 is 0 Å². The Bertz CT molecular complexity index is 1250. The summed E-state index contributed by atoms with van der Waals surface area (Å²) in [6, 6.07) is 23.7. The van der Waals surface area contributed by atoms with Crippen molar-refractivity contribution in [1.82, 2.24) is 14.9 Å². The molecule has 0 spiro atoms. The molecular formula is C29H31FN4O2. The molecule has 3 aromatic carbocycles. The highest BCUT2D eigenvalue weighted by Crippen LogP contribution is 2.14. The topological polar surface area (TPSA) is 79.2 Å². The van der Waals surface area contributed by atoms with E-state index in [1.807, 2.05) is 66.1 Å². The molecule has 0 aliphatic heterocycles. The van der Waals surface area contributed by atoms with Crippen LogP contribution < -0.4 is 10.6 Å². The van der Waals surface area contributed by atoms with Crippen molar-refractivity contribution in [2.45, 2.75) is 32.4 Å². The lowest BCUT2D eigenvalue weighted by Crippen LogP contribution is -2.23. The van der Waals surface area contributed by atoms with Crippen LogP contribution in [-0.2, 0) is 24.2 Å². The van der Waals surface area contributed by atoms with Crippen LogP contribution in [0.5, 0.6) is 0 Å². The highest BCUT2D eigenvalue weighted by atomic mass is 19.1. The molecule has 36 heavy (non-hydrogen) atoms. The molecule has 0 radical (unpaired) electrons. The predicted octanol–water partition coefficient (Wildman–Crippen LogP) is 4.43. The summed E-state index contributed by atoms with van der Waals surface area (Å²) in [6.45, 7) is 3.70. The van der Waals surface area contributed by atoms with Crippen molar-refractivity contribution in [3.63, 3.8) is 0 Å². The maximum absolute atomic E-state index is 13.2. The summed E-state index contributed by atoms with van der Waals surface area (Å²) in [6.07, 6.45) is 2.17. The van der Waals surface area contributed by atoms with Crippen molar-refractivity contribution in [3.05, 3.63) is 119 Å². The minimum Gasteiger partial charge on any atom is -0.387 e. The number of carbonyl (C=O) groups excluding carboxylic acids is 1. The summed E-state index contributed by atoms with van der Waals surface area (Å²) in [4.78, 5) is 17.1. The first-order valence-corrected chi connectivity index (χ1v) is 12.1. The van der Waals surface area contributed by atoms with E-state index in [2.05, 4.69) is 15.6 Å². The van der Waals surface area contributed by atoms with Gasteiger partial charge in [-0.05, 0) is 60.8 Å². The first kappa shape index (κ1) is 25.3. The van der Waals surface area contributed by atoms with Gasteiger partial charge in [0, 0.05) is 30.7 Å². The number of aliphatic hydroxyl groups excluding tert-OH is 1. The van der Waals surface area contributed by atoms with Gasteiger partial charge in [0.05, 0.1) is 12.5 Å². The van der Waals surface area contributed by atoms with Gasteiger partial charge in [0.15, 0.2) is 0 Å². The normalized spacial score (nSPS) is 11.9. The van der Waals surface area contributed by atoms with Crippen molar-refractivity contribution < 1.29 is 14.3 Å². The molecule has 0 aliphatic carbocycles. The zero-order valence-electron chi connectivity index (χ0n) is 20.3. The molecule has 6 nitrogen and oxygen atoms in total. The number of benzene rings is 3. The third-order valence-corrected chi connectivity index (χ3v) is 6.06. The molecule has 0 fully saturated rings. The number of halogens is 1. The lowest BCUT2D eigenvalue weighted by Gasteiger charge is -2.12. The number of aryl methyl sites for hydroxylation is 1. The third-order valence-electron chi connectivity index (χ3n) is 6.06. The number of anilines is 1. The van der Waals surface area contributed by atoms with Crippen LogP contribution in [0.2, 0.25) is 0 Å². The molecule has 0 aliphatic rings. The number of rotatable bonds is 11. The number of hydrogen-bond donors (Lipinski definition) is 3. The smallest absolute Gasteiger partial charge is 0.231 e. The fourth-order valence-electron chi connectivity index (χ4n) is 4.01. The van der Waals surface area contributed by atoms with Gasteiger partial charge in [-0.25, -0.2) is 9.37 Å². The first-order valence-electron chi connectivity index (χ1n) is 12.1. The number of aromatic nitrogens is 2. The van der Waals surface area contributed by atoms with Crippen LogP contribution in [0, 0.1) is 12.7 Å². The molecule has 0 bridgehead atoms. The van der Waals surface area contributed by atoms with E-state index in [9.17, 15) is 14.3 Å². The maximum atomic E-state index is 13.2. The summed E-state index contributed by atoms with van der Waals surface area (Å²) in [5.74, 6) is 0.241. The summed E-state index contributed by atoms with van der Waals surface area (Å²) >= 11 is 0. The average molecular weight is 487 g/mol. The molecule has 7 heteroatoms. The Balaban J connectivity index is 1.24. The van der Waals surface area contributed by atoms with Crippen LogP contribution in [0.1, 0.15) is 34.3 Å². The zero-order valence-corrected chi connectivity index (χ0v) is 20.3. The number of nitrogens with zero attached hydrogens (tertiary/aromatic N) is 2. The molecule has 4 aromatic rings. The highest BCUT2D eigenvalue weighted by Gasteiger charge is 2.13. The van der Waals surface area contributed by atoms with Crippen LogP contribution in [-0.4, -0.2) is 33.7 Å². The van der Waals surface area contributed by atoms with E-state index in [1.54, 1.807) is 18.3 Å². The SMILES string of the molecule is Cc1cnc(CC(=O)Nc2ccc(CCNCC(O)c3ccccc3)cc2)n1Cc1ccc(F)cc1. The number of aliphatic hydroxyl groups is 1. The maximum Gasteiger partial charge on any atom is 0.231 e. The van der Waals surface area contributed by atoms with E-state index in [0.29, 0.717) is 18.9 Å². The van der Waals surface area contributed by atoms with Crippen molar-refractivity contribution in [2.24, 2.45) is 0 Å². The third kappa shape index (κ3) is 7.10. The van der Waals surface area contributed by atoms with Gasteiger partial charge in [0.25, 0.3) is 0 Å². The fraction of sp³-hybridized carbons (Fsp3) is 0.241. The summed E-state index contributed by atoms with van der Waals surface area (Å²) in [5, 5.41) is 16.4. The number of carbonyl (C=O) groups is 1. The van der Waals surface area contributed by atoms with Crippen LogP contribution in [0.3, 0.4) is 0 Å². The first-order chi connectivity index (χ1) is 17.5. The monoisotopic (exact) mass is 486 g/mol. The van der Waals surface area contributed by atoms with Crippen molar-refractivity contribution in [1.29, 1.82) is 0 Å². The van der Waals surface area contributed by atoms with E-state index in [1.165, 1.54) is 12.1 Å². The van der Waals surface area contributed by atoms with Gasteiger partial charge in [0.2, 0.25) is 5.91 Å².